The Kier molecular flexibility index (Phi) is 6.20. The van der Waals surface area contributed by atoms with Gasteiger partial charge in [0.15, 0.2) is 0 Å². The molecule has 1 N–H and O–H groups in total. The maximum absolute atomic E-state index is 12.9. The van der Waals surface area contributed by atoms with Gasteiger partial charge in [0.25, 0.3) is 0 Å². The molecule has 2 atom stereocenters. The molecule has 1 saturated heterocycles. The van der Waals surface area contributed by atoms with Crippen molar-refractivity contribution in [3.05, 3.63) is 35.6 Å². The van der Waals surface area contributed by atoms with Crippen molar-refractivity contribution in [2.75, 3.05) is 13.1 Å². The molecule has 1 aliphatic heterocycles. The van der Waals surface area contributed by atoms with Gasteiger partial charge in [-0.2, -0.15) is 0 Å². The van der Waals surface area contributed by atoms with Crippen molar-refractivity contribution in [1.29, 1.82) is 0 Å². The summed E-state index contributed by atoms with van der Waals surface area (Å²) in [5.41, 5.74) is 0.883. The van der Waals surface area contributed by atoms with Gasteiger partial charge >= 0.3 is 0 Å². The highest BCUT2D eigenvalue weighted by Gasteiger charge is 2.22. The Bertz CT molecular complexity index is 529. The molecule has 0 aromatic heterocycles. The van der Waals surface area contributed by atoms with Crippen LogP contribution in [0.4, 0.5) is 4.39 Å². The second kappa shape index (κ2) is 7.92. The molecule has 0 aliphatic carbocycles. The topological polar surface area (TPSA) is 32.3 Å². The van der Waals surface area contributed by atoms with Gasteiger partial charge < -0.3 is 10.2 Å². The fraction of sp³-hybridized carbons (Fsp3) is 0.500. The number of nitrogens with zero attached hydrogens (tertiary/aromatic N) is 1. The van der Waals surface area contributed by atoms with Crippen LogP contribution in [0.2, 0.25) is 0 Å². The van der Waals surface area contributed by atoms with E-state index in [9.17, 15) is 9.18 Å². The number of likely N-dealkylation sites (tertiary alicyclic amines) is 1. The van der Waals surface area contributed by atoms with Crippen molar-refractivity contribution in [2.24, 2.45) is 0 Å². The third kappa shape index (κ3) is 4.68. The molecule has 0 radical (unpaired) electrons. The predicted octanol–water partition coefficient (Wildman–Crippen LogP) is 3.51. The Balaban J connectivity index is 1.85. The number of hydrogen-bond donors (Lipinski definition) is 1. The first-order chi connectivity index (χ1) is 10.5. The number of hydrogen-bond acceptors (Lipinski definition) is 3. The van der Waals surface area contributed by atoms with Crippen molar-refractivity contribution in [3.63, 3.8) is 0 Å². The number of carbonyl (C=O) groups is 1. The van der Waals surface area contributed by atoms with E-state index in [1.54, 1.807) is 12.1 Å². The summed E-state index contributed by atoms with van der Waals surface area (Å²) in [6.45, 7) is 5.74. The number of carbonyl (C=O) groups excluding carboxylic acids is 1. The second-order valence-electron chi connectivity index (χ2n) is 5.50. The molecule has 1 amide bonds. The van der Waals surface area contributed by atoms with Crippen molar-refractivity contribution in [3.8, 4) is 0 Å². The van der Waals surface area contributed by atoms with E-state index in [4.69, 9.17) is 12.2 Å². The first kappa shape index (κ1) is 17.2. The number of thiocarbonyl (C=S) groups is 1. The number of thioether (sulfide) groups is 1. The van der Waals surface area contributed by atoms with E-state index in [1.807, 2.05) is 13.8 Å². The van der Waals surface area contributed by atoms with Crippen LogP contribution >= 0.6 is 24.0 Å². The Morgan fingerprint density at radius 2 is 1.86 bits per heavy atom. The molecular weight excluding hydrogens is 319 g/mol. The largest absolute Gasteiger partial charge is 0.358 e. The summed E-state index contributed by atoms with van der Waals surface area (Å²) >= 11 is 6.83. The van der Waals surface area contributed by atoms with Crippen LogP contribution in [0.5, 0.6) is 0 Å². The standard InChI is InChI=1S/C16H21FN2OS2/c1-11(13-5-7-14(17)8-6-13)18-15(20)12(2)22-16(21)19-9-3-4-10-19/h5-8,11-12H,3-4,9-10H2,1-2H3,(H,18,20)/t11-,12+/m1/s1. The Labute approximate surface area is 140 Å². The number of nitrogens with one attached hydrogen (secondary N) is 1. The van der Waals surface area contributed by atoms with Crippen molar-refractivity contribution >= 4 is 34.2 Å². The molecule has 120 valence electrons. The highest BCUT2D eigenvalue weighted by Crippen LogP contribution is 2.21. The summed E-state index contributed by atoms with van der Waals surface area (Å²) in [7, 11) is 0. The molecule has 22 heavy (non-hydrogen) atoms. The van der Waals surface area contributed by atoms with E-state index < -0.39 is 0 Å². The molecule has 1 heterocycles. The zero-order valence-electron chi connectivity index (χ0n) is 12.8. The summed E-state index contributed by atoms with van der Waals surface area (Å²) in [6.07, 6.45) is 2.34. The van der Waals surface area contributed by atoms with E-state index >= 15 is 0 Å². The SMILES string of the molecule is C[C@H](SC(=S)N1CCCC1)C(=O)N[C@H](C)c1ccc(F)cc1. The summed E-state index contributed by atoms with van der Waals surface area (Å²) in [5, 5.41) is 2.71. The van der Waals surface area contributed by atoms with E-state index in [0.29, 0.717) is 0 Å². The lowest BCUT2D eigenvalue weighted by atomic mass is 10.1. The molecule has 0 bridgehead atoms. The Morgan fingerprint density at radius 1 is 1.27 bits per heavy atom. The fourth-order valence-electron chi connectivity index (χ4n) is 2.34. The lowest BCUT2D eigenvalue weighted by Gasteiger charge is -2.22. The maximum atomic E-state index is 12.9. The number of benzene rings is 1. The molecule has 0 spiro atoms. The van der Waals surface area contributed by atoms with Gasteiger partial charge in [-0.15, -0.1) is 0 Å². The highest BCUT2D eigenvalue weighted by atomic mass is 32.2. The van der Waals surface area contributed by atoms with E-state index in [1.165, 1.54) is 36.7 Å². The molecule has 1 aliphatic rings. The van der Waals surface area contributed by atoms with Crippen LogP contribution in [0.1, 0.15) is 38.3 Å². The van der Waals surface area contributed by atoms with Crippen LogP contribution in [0, 0.1) is 5.82 Å². The number of amides is 1. The van der Waals surface area contributed by atoms with Gasteiger partial charge in [-0.25, -0.2) is 4.39 Å². The molecule has 1 fully saturated rings. The maximum Gasteiger partial charge on any atom is 0.233 e. The third-order valence-corrected chi connectivity index (χ3v) is 5.31. The Morgan fingerprint density at radius 3 is 2.45 bits per heavy atom. The molecule has 1 aromatic rings. The van der Waals surface area contributed by atoms with Crippen molar-refractivity contribution < 1.29 is 9.18 Å². The summed E-state index contributed by atoms with van der Waals surface area (Å²) in [5.74, 6) is -0.328. The molecule has 0 saturated carbocycles. The summed E-state index contributed by atoms with van der Waals surface area (Å²) in [6, 6.07) is 6.02. The highest BCUT2D eigenvalue weighted by molar-refractivity contribution is 8.23. The van der Waals surface area contributed by atoms with Crippen molar-refractivity contribution in [1.82, 2.24) is 10.2 Å². The lowest BCUT2D eigenvalue weighted by molar-refractivity contribution is -0.120. The van der Waals surface area contributed by atoms with E-state index in [2.05, 4.69) is 10.2 Å². The van der Waals surface area contributed by atoms with Crippen LogP contribution in [0.25, 0.3) is 0 Å². The second-order valence-corrected chi connectivity index (χ2v) is 7.48. The molecule has 3 nitrogen and oxygen atoms in total. The number of halogens is 1. The van der Waals surface area contributed by atoms with E-state index in [0.717, 1.165) is 23.0 Å². The van der Waals surface area contributed by atoms with Gasteiger partial charge in [-0.1, -0.05) is 36.1 Å². The van der Waals surface area contributed by atoms with Crippen LogP contribution in [0.3, 0.4) is 0 Å². The van der Waals surface area contributed by atoms with Crippen molar-refractivity contribution in [2.45, 2.75) is 38.0 Å². The van der Waals surface area contributed by atoms with Gasteiger partial charge in [-0.3, -0.25) is 4.79 Å². The monoisotopic (exact) mass is 340 g/mol. The normalized spacial score (nSPS) is 17.1. The quantitative estimate of drug-likeness (QED) is 0.850. The first-order valence-electron chi connectivity index (χ1n) is 7.49. The van der Waals surface area contributed by atoms with Crippen LogP contribution in [0.15, 0.2) is 24.3 Å². The molecule has 2 rings (SSSR count). The number of rotatable bonds is 4. The van der Waals surface area contributed by atoms with Crippen LogP contribution in [-0.2, 0) is 4.79 Å². The molecule has 0 unspecified atom stereocenters. The lowest BCUT2D eigenvalue weighted by Crippen LogP contribution is -2.35. The van der Waals surface area contributed by atoms with E-state index in [-0.39, 0.29) is 23.0 Å². The fourth-order valence-corrected chi connectivity index (χ4v) is 3.77. The summed E-state index contributed by atoms with van der Waals surface area (Å²) < 4.78 is 13.7. The molecule has 1 aromatic carbocycles. The Hall–Kier alpha value is -1.14. The first-order valence-corrected chi connectivity index (χ1v) is 8.77. The molecular formula is C16H21FN2OS2. The minimum Gasteiger partial charge on any atom is -0.358 e. The average molecular weight is 340 g/mol. The van der Waals surface area contributed by atoms with Gasteiger partial charge in [0.1, 0.15) is 10.1 Å². The minimum atomic E-state index is -0.276. The average Bonchev–Trinajstić information content (AvgIpc) is 3.02. The van der Waals surface area contributed by atoms with Gasteiger partial charge in [0, 0.05) is 13.1 Å². The smallest absolute Gasteiger partial charge is 0.233 e. The summed E-state index contributed by atoms with van der Waals surface area (Å²) in [4.78, 5) is 14.4. The zero-order valence-corrected chi connectivity index (χ0v) is 14.5. The third-order valence-electron chi connectivity index (χ3n) is 3.74. The van der Waals surface area contributed by atoms with Gasteiger partial charge in [0.05, 0.1) is 11.3 Å². The molecule has 6 heteroatoms. The zero-order chi connectivity index (χ0) is 16.1. The van der Waals surface area contributed by atoms with Crippen LogP contribution < -0.4 is 5.32 Å². The van der Waals surface area contributed by atoms with Gasteiger partial charge in [-0.05, 0) is 44.4 Å². The predicted molar refractivity (Wildman–Crippen MR) is 93.4 cm³/mol. The van der Waals surface area contributed by atoms with Crippen LogP contribution in [-0.4, -0.2) is 33.5 Å². The minimum absolute atomic E-state index is 0.0524. The van der Waals surface area contributed by atoms with Gasteiger partial charge in [0.2, 0.25) is 5.91 Å².